The second-order valence-electron chi connectivity index (χ2n) is 18.7. The topological polar surface area (TPSA) is 328 Å². The molecule has 4 aromatic rings. The average Bonchev–Trinajstić information content (AvgIpc) is 3.74. The minimum absolute atomic E-state index is 0.0398. The molecule has 2 aromatic carbocycles. The molecular formula is C53H68N10O11. The Morgan fingerprint density at radius 3 is 2.03 bits per heavy atom. The first kappa shape index (κ1) is 55.8. The lowest BCUT2D eigenvalue weighted by Gasteiger charge is -2.35. The summed E-state index contributed by atoms with van der Waals surface area (Å²) in [5.41, 5.74) is 18.6. The Balaban J connectivity index is 1.01. The van der Waals surface area contributed by atoms with Crippen LogP contribution in [-0.2, 0) is 73.0 Å². The number of rotatable bonds is 28. The Morgan fingerprint density at radius 1 is 0.757 bits per heavy atom. The van der Waals surface area contributed by atoms with Gasteiger partial charge >= 0.3 is 11.9 Å². The summed E-state index contributed by atoms with van der Waals surface area (Å²) in [5.74, 6) is -5.32. The first-order valence-corrected chi connectivity index (χ1v) is 25.3. The molecule has 0 saturated carbocycles. The molecule has 74 heavy (non-hydrogen) atoms. The second-order valence-corrected chi connectivity index (χ2v) is 18.7. The molecule has 21 heteroatoms. The van der Waals surface area contributed by atoms with Gasteiger partial charge in [0.1, 0.15) is 30.8 Å². The van der Waals surface area contributed by atoms with Gasteiger partial charge in [-0.3, -0.25) is 38.4 Å². The Hall–Kier alpha value is -7.52. The fourth-order valence-electron chi connectivity index (χ4n) is 9.26. The van der Waals surface area contributed by atoms with Crippen LogP contribution in [0.2, 0.25) is 0 Å². The predicted octanol–water partition coefficient (Wildman–Crippen LogP) is 1.64. The first-order chi connectivity index (χ1) is 35.6. The van der Waals surface area contributed by atoms with E-state index < -0.39 is 77.2 Å². The third-order valence-corrected chi connectivity index (χ3v) is 13.3. The van der Waals surface area contributed by atoms with E-state index in [-0.39, 0.29) is 74.9 Å². The van der Waals surface area contributed by atoms with Gasteiger partial charge in [0.25, 0.3) is 5.56 Å². The highest BCUT2D eigenvalue weighted by molar-refractivity contribution is 5.95. The van der Waals surface area contributed by atoms with Gasteiger partial charge in [-0.05, 0) is 101 Å². The number of hydrogen-bond donors (Lipinski definition) is 8. The summed E-state index contributed by atoms with van der Waals surface area (Å²) in [6.07, 6.45) is 2.75. The van der Waals surface area contributed by atoms with E-state index in [9.17, 15) is 43.2 Å². The maximum absolute atomic E-state index is 14.0. The predicted molar refractivity (Wildman–Crippen MR) is 273 cm³/mol. The van der Waals surface area contributed by atoms with Gasteiger partial charge in [-0.25, -0.2) is 9.78 Å². The molecule has 0 radical (unpaired) electrons. The lowest BCUT2D eigenvalue weighted by Crippen LogP contribution is -2.58. The Bertz CT molecular complexity index is 2770. The number of nitrogens with one attached hydrogen (secondary N) is 5. The summed E-state index contributed by atoms with van der Waals surface area (Å²) < 4.78 is 12.9. The summed E-state index contributed by atoms with van der Waals surface area (Å²) in [7, 11) is 0. The van der Waals surface area contributed by atoms with Crippen molar-refractivity contribution in [2.45, 2.75) is 140 Å². The number of amides is 6. The molecular weight excluding hydrogens is 953 g/mol. The number of carbonyl (C=O) groups is 8. The molecule has 2 aromatic heterocycles. The van der Waals surface area contributed by atoms with Gasteiger partial charge in [-0.1, -0.05) is 55.5 Å². The number of pyridine rings is 2. The van der Waals surface area contributed by atoms with E-state index in [2.05, 4.69) is 26.6 Å². The van der Waals surface area contributed by atoms with E-state index in [0.29, 0.717) is 69.4 Å². The molecule has 5 atom stereocenters. The number of cyclic esters (lactones) is 1. The number of ether oxygens (including phenoxy) is 2. The van der Waals surface area contributed by atoms with Crippen molar-refractivity contribution >= 4 is 58.3 Å². The maximum atomic E-state index is 14.0. The molecule has 2 aliphatic rings. The number of primary amides is 1. The summed E-state index contributed by atoms with van der Waals surface area (Å²) in [6.45, 7) is 3.80. The number of benzene rings is 2. The Kier molecular flexibility index (Phi) is 19.9. The monoisotopic (exact) mass is 1020 g/mol. The Labute approximate surface area is 428 Å². The zero-order valence-corrected chi connectivity index (χ0v) is 42.0. The third-order valence-electron chi connectivity index (χ3n) is 13.3. The maximum Gasteiger partial charge on any atom is 0.355 e. The molecule has 2 aliphatic heterocycles. The van der Waals surface area contributed by atoms with Gasteiger partial charge in [0.05, 0.1) is 35.4 Å². The van der Waals surface area contributed by atoms with E-state index in [1.54, 1.807) is 41.8 Å². The van der Waals surface area contributed by atoms with Crippen molar-refractivity contribution in [3.63, 3.8) is 0 Å². The molecule has 0 aliphatic carbocycles. The minimum atomic E-state index is -1.93. The van der Waals surface area contributed by atoms with Crippen LogP contribution < -0.4 is 49.3 Å². The number of carbonyl (C=O) groups excluding carboxylic acids is 8. The van der Waals surface area contributed by atoms with Crippen LogP contribution in [0.25, 0.3) is 22.3 Å². The number of nitrogens with zero attached hydrogens (tertiary/aromatic N) is 2. The minimum Gasteiger partial charge on any atom is -0.457 e. The highest BCUT2D eigenvalue weighted by Gasteiger charge is 2.50. The Morgan fingerprint density at radius 2 is 1.36 bits per heavy atom. The molecule has 0 fully saturated rings. The van der Waals surface area contributed by atoms with Crippen LogP contribution in [0.3, 0.4) is 0 Å². The SMILES string of the molecule is CC[C@@]1(OC(=O)CCC(=O)NCCCC[C@H](NC(=O)[C@H](CCCCN)NC(=O)[C@H](Cc2ccccc2)NC(=O)[C@H](CCCCN)NC(C)=O)C(N)=O)C(=O)OCc2c1cc1n(c2=O)Cc2cc3ccccc3nc2-1. The fraction of sp³-hybridized carbons (Fsp3) is 0.472. The van der Waals surface area contributed by atoms with E-state index >= 15 is 0 Å². The second kappa shape index (κ2) is 26.4. The van der Waals surface area contributed by atoms with Gasteiger partial charge in [-0.15, -0.1) is 0 Å². The number of para-hydroxylation sites is 1. The molecule has 0 spiro atoms. The molecule has 0 unspecified atom stereocenters. The molecule has 21 nitrogen and oxygen atoms in total. The molecule has 6 amide bonds. The molecule has 396 valence electrons. The van der Waals surface area contributed by atoms with Gasteiger partial charge in [0.15, 0.2) is 0 Å². The number of fused-ring (bicyclic) bond motifs is 5. The van der Waals surface area contributed by atoms with Crippen molar-refractivity contribution in [2.24, 2.45) is 17.2 Å². The van der Waals surface area contributed by atoms with Crippen molar-refractivity contribution in [3.05, 3.63) is 99.3 Å². The van der Waals surface area contributed by atoms with Crippen molar-refractivity contribution in [1.29, 1.82) is 0 Å². The van der Waals surface area contributed by atoms with E-state index in [0.717, 1.165) is 22.0 Å². The van der Waals surface area contributed by atoms with Crippen molar-refractivity contribution in [3.8, 4) is 11.4 Å². The van der Waals surface area contributed by atoms with Crippen LogP contribution in [0.5, 0.6) is 0 Å². The van der Waals surface area contributed by atoms with Crippen molar-refractivity contribution in [1.82, 2.24) is 36.1 Å². The summed E-state index contributed by atoms with van der Waals surface area (Å²) in [6, 6.07) is 15.8. The smallest absolute Gasteiger partial charge is 0.355 e. The number of aromatic nitrogens is 2. The van der Waals surface area contributed by atoms with Gasteiger partial charge in [0.2, 0.25) is 41.0 Å². The molecule has 11 N–H and O–H groups in total. The molecule has 6 rings (SSSR count). The largest absolute Gasteiger partial charge is 0.457 e. The molecule has 0 saturated heterocycles. The summed E-state index contributed by atoms with van der Waals surface area (Å²) >= 11 is 0. The highest BCUT2D eigenvalue weighted by atomic mass is 16.6. The first-order valence-electron chi connectivity index (χ1n) is 25.3. The van der Waals surface area contributed by atoms with Crippen molar-refractivity contribution in [2.75, 3.05) is 19.6 Å². The zero-order chi connectivity index (χ0) is 53.4. The van der Waals surface area contributed by atoms with E-state index in [1.165, 1.54) is 6.92 Å². The van der Waals surface area contributed by atoms with Crippen LogP contribution in [-0.4, -0.2) is 101 Å². The van der Waals surface area contributed by atoms with E-state index in [4.69, 9.17) is 31.7 Å². The quantitative estimate of drug-likeness (QED) is 0.0261. The van der Waals surface area contributed by atoms with E-state index in [1.807, 2.05) is 36.4 Å². The average molecular weight is 1020 g/mol. The molecule has 0 bridgehead atoms. The number of nitrogens with two attached hydrogens (primary N) is 3. The van der Waals surface area contributed by atoms with Crippen LogP contribution in [0.1, 0.15) is 113 Å². The highest BCUT2D eigenvalue weighted by Crippen LogP contribution is 2.41. The number of unbranched alkanes of at least 4 members (excludes halogenated alkanes) is 3. The summed E-state index contributed by atoms with van der Waals surface area (Å²) in [5, 5.41) is 14.5. The van der Waals surface area contributed by atoms with Gasteiger partial charge in [-0.2, -0.15) is 0 Å². The third kappa shape index (κ3) is 14.2. The lowest BCUT2D eigenvalue weighted by molar-refractivity contribution is -0.189. The standard InChI is InChI=1S/C53H68N10O11/c1-3-53(37-29-43-46-35(28-34-17-7-8-18-38(34)59-46)30-63(43)51(71)36(37)31-73-52(53)72)74-45(66)23-22-44(65)57-26-14-11-19-39(47(56)67)60-49(69)41(21-10-13-25-55)61-50(70)42(27-33-15-5-4-6-16-33)62-48(68)40(58-32(2)64)20-9-12-24-54/h4-8,15-18,28-29,39-42H,3,9-14,19-27,30-31,54-55H2,1-2H3,(H2,56,67)(H,57,65)(H,58,64)(H,60,69)(H,61,70)(H,62,68)/t39-,40-,41-,42-,53-/m0/s1. The fourth-order valence-corrected chi connectivity index (χ4v) is 9.26. The normalized spacial score (nSPS) is 16.0. The van der Waals surface area contributed by atoms with Crippen LogP contribution >= 0.6 is 0 Å². The van der Waals surface area contributed by atoms with Crippen LogP contribution in [0.15, 0.2) is 71.5 Å². The lowest BCUT2D eigenvalue weighted by atomic mass is 9.85. The zero-order valence-electron chi connectivity index (χ0n) is 42.0. The van der Waals surface area contributed by atoms with Crippen LogP contribution in [0.4, 0.5) is 0 Å². The van der Waals surface area contributed by atoms with Crippen molar-refractivity contribution < 1.29 is 47.8 Å². The van der Waals surface area contributed by atoms with Gasteiger partial charge in [0, 0.05) is 42.8 Å². The van der Waals surface area contributed by atoms with Gasteiger partial charge < -0.3 is 57.8 Å². The molecule has 4 heterocycles. The number of esters is 2. The number of hydrogen-bond acceptors (Lipinski definition) is 14. The summed E-state index contributed by atoms with van der Waals surface area (Å²) in [4.78, 5) is 124. The van der Waals surface area contributed by atoms with Crippen LogP contribution in [0, 0.1) is 0 Å².